The SMILES string of the molecule is COc1cc(C(C)NC(=O)c2cc(-c3cccc(F)c3)no2)cc(OC)c1OC. The van der Waals surface area contributed by atoms with Gasteiger partial charge in [0.2, 0.25) is 11.5 Å². The number of hydrogen-bond donors (Lipinski definition) is 1. The largest absolute Gasteiger partial charge is 0.493 e. The van der Waals surface area contributed by atoms with Crippen LogP contribution in [0.3, 0.4) is 0 Å². The Bertz CT molecular complexity index is 993. The second-order valence-electron chi connectivity index (χ2n) is 6.24. The fourth-order valence-electron chi connectivity index (χ4n) is 2.87. The van der Waals surface area contributed by atoms with Crippen LogP contribution in [-0.2, 0) is 0 Å². The first-order valence-corrected chi connectivity index (χ1v) is 8.80. The molecular formula is C21H21FN2O5. The van der Waals surface area contributed by atoms with Gasteiger partial charge in [0.05, 0.1) is 27.4 Å². The zero-order valence-electron chi connectivity index (χ0n) is 16.5. The molecule has 7 nitrogen and oxygen atoms in total. The summed E-state index contributed by atoms with van der Waals surface area (Å²) < 4.78 is 34.5. The van der Waals surface area contributed by atoms with Crippen molar-refractivity contribution in [2.24, 2.45) is 0 Å². The number of aromatic nitrogens is 1. The van der Waals surface area contributed by atoms with E-state index in [1.807, 2.05) is 6.92 Å². The van der Waals surface area contributed by atoms with E-state index in [0.717, 1.165) is 5.56 Å². The molecule has 0 saturated carbocycles. The highest BCUT2D eigenvalue weighted by Crippen LogP contribution is 2.39. The molecule has 0 aliphatic carbocycles. The number of halogens is 1. The molecule has 1 atom stereocenters. The Morgan fingerprint density at radius 3 is 2.34 bits per heavy atom. The zero-order valence-corrected chi connectivity index (χ0v) is 16.5. The van der Waals surface area contributed by atoms with Gasteiger partial charge in [0.1, 0.15) is 11.5 Å². The van der Waals surface area contributed by atoms with Gasteiger partial charge in [-0.3, -0.25) is 4.79 Å². The monoisotopic (exact) mass is 400 g/mol. The third-order valence-corrected chi connectivity index (χ3v) is 4.39. The van der Waals surface area contributed by atoms with Crippen LogP contribution in [0.2, 0.25) is 0 Å². The van der Waals surface area contributed by atoms with Crippen molar-refractivity contribution in [1.82, 2.24) is 10.5 Å². The Hall–Kier alpha value is -3.55. The van der Waals surface area contributed by atoms with E-state index in [9.17, 15) is 9.18 Å². The molecule has 152 valence electrons. The van der Waals surface area contributed by atoms with Crippen LogP contribution in [0.5, 0.6) is 17.2 Å². The predicted molar refractivity (Wildman–Crippen MR) is 104 cm³/mol. The van der Waals surface area contributed by atoms with Crippen molar-refractivity contribution in [3.05, 3.63) is 59.6 Å². The summed E-state index contributed by atoms with van der Waals surface area (Å²) in [5.41, 5.74) is 1.64. The maximum absolute atomic E-state index is 13.4. The first-order valence-electron chi connectivity index (χ1n) is 8.80. The Morgan fingerprint density at radius 1 is 1.07 bits per heavy atom. The average molecular weight is 400 g/mol. The maximum Gasteiger partial charge on any atom is 0.290 e. The molecule has 3 aromatic rings. The van der Waals surface area contributed by atoms with E-state index < -0.39 is 11.7 Å². The van der Waals surface area contributed by atoms with Crippen molar-refractivity contribution in [2.75, 3.05) is 21.3 Å². The van der Waals surface area contributed by atoms with Crippen LogP contribution in [-0.4, -0.2) is 32.4 Å². The topological polar surface area (TPSA) is 82.8 Å². The van der Waals surface area contributed by atoms with Crippen LogP contribution in [0.25, 0.3) is 11.3 Å². The summed E-state index contributed by atoms with van der Waals surface area (Å²) in [5.74, 6) is 0.594. The number of nitrogens with zero attached hydrogens (tertiary/aromatic N) is 1. The van der Waals surface area contributed by atoms with Crippen LogP contribution in [0.4, 0.5) is 4.39 Å². The third-order valence-electron chi connectivity index (χ3n) is 4.39. The van der Waals surface area contributed by atoms with Gasteiger partial charge in [-0.1, -0.05) is 17.3 Å². The molecule has 1 heterocycles. The van der Waals surface area contributed by atoms with Crippen LogP contribution in [0.1, 0.15) is 29.1 Å². The number of nitrogens with one attached hydrogen (secondary N) is 1. The van der Waals surface area contributed by atoms with Gasteiger partial charge in [-0.15, -0.1) is 0 Å². The molecule has 0 spiro atoms. The van der Waals surface area contributed by atoms with E-state index >= 15 is 0 Å². The first kappa shape index (κ1) is 20.2. The smallest absolute Gasteiger partial charge is 0.290 e. The Labute approximate surface area is 167 Å². The van der Waals surface area contributed by atoms with Gasteiger partial charge < -0.3 is 24.1 Å². The predicted octanol–water partition coefficient (Wildman–Crippen LogP) is 4.00. The van der Waals surface area contributed by atoms with Gasteiger partial charge in [0.15, 0.2) is 11.5 Å². The summed E-state index contributed by atoms with van der Waals surface area (Å²) in [5, 5.41) is 6.68. The van der Waals surface area contributed by atoms with Crippen LogP contribution >= 0.6 is 0 Å². The fourth-order valence-corrected chi connectivity index (χ4v) is 2.87. The number of amides is 1. The molecule has 0 aliphatic rings. The van der Waals surface area contributed by atoms with Crippen molar-refractivity contribution in [2.45, 2.75) is 13.0 Å². The fraction of sp³-hybridized carbons (Fsp3) is 0.238. The summed E-state index contributed by atoms with van der Waals surface area (Å²) in [7, 11) is 4.56. The molecule has 0 saturated heterocycles. The summed E-state index contributed by atoms with van der Waals surface area (Å²) in [6.45, 7) is 1.81. The van der Waals surface area contributed by atoms with Crippen LogP contribution < -0.4 is 19.5 Å². The van der Waals surface area contributed by atoms with Crippen molar-refractivity contribution in [3.8, 4) is 28.5 Å². The number of benzene rings is 2. The summed E-state index contributed by atoms with van der Waals surface area (Å²) >= 11 is 0. The Morgan fingerprint density at radius 2 is 1.76 bits per heavy atom. The van der Waals surface area contributed by atoms with E-state index in [4.69, 9.17) is 18.7 Å². The summed E-state index contributed by atoms with van der Waals surface area (Å²) in [6.07, 6.45) is 0. The second kappa shape index (κ2) is 8.64. The zero-order chi connectivity index (χ0) is 21.0. The molecule has 8 heteroatoms. The second-order valence-corrected chi connectivity index (χ2v) is 6.24. The lowest BCUT2D eigenvalue weighted by molar-refractivity contribution is 0.0902. The van der Waals surface area contributed by atoms with Crippen LogP contribution in [0.15, 0.2) is 47.0 Å². The van der Waals surface area contributed by atoms with E-state index in [2.05, 4.69) is 10.5 Å². The maximum atomic E-state index is 13.4. The lowest BCUT2D eigenvalue weighted by Crippen LogP contribution is -2.26. The number of carbonyl (C=O) groups excluding carboxylic acids is 1. The molecule has 3 rings (SSSR count). The van der Waals surface area contributed by atoms with E-state index in [1.54, 1.807) is 24.3 Å². The van der Waals surface area contributed by atoms with E-state index in [-0.39, 0.29) is 11.8 Å². The number of hydrogen-bond acceptors (Lipinski definition) is 6. The highest BCUT2D eigenvalue weighted by atomic mass is 19.1. The third kappa shape index (κ3) is 4.31. The van der Waals surface area contributed by atoms with Crippen LogP contribution in [0, 0.1) is 5.82 Å². The molecular weight excluding hydrogens is 379 g/mol. The highest BCUT2D eigenvalue weighted by molar-refractivity contribution is 5.92. The number of carbonyl (C=O) groups is 1. The van der Waals surface area contributed by atoms with Crippen molar-refractivity contribution < 1.29 is 27.9 Å². The van der Waals surface area contributed by atoms with Gasteiger partial charge in [-0.25, -0.2) is 4.39 Å². The minimum absolute atomic E-state index is 0.0172. The summed E-state index contributed by atoms with van der Waals surface area (Å²) in [6, 6.07) is 10.5. The molecule has 1 amide bonds. The van der Waals surface area contributed by atoms with Crippen molar-refractivity contribution in [1.29, 1.82) is 0 Å². The molecule has 0 aliphatic heterocycles. The molecule has 0 fully saturated rings. The molecule has 1 N–H and O–H groups in total. The lowest BCUT2D eigenvalue weighted by atomic mass is 10.1. The normalized spacial score (nSPS) is 11.6. The Balaban J connectivity index is 1.79. The van der Waals surface area contributed by atoms with Gasteiger partial charge in [-0.2, -0.15) is 0 Å². The molecule has 0 radical (unpaired) electrons. The lowest BCUT2D eigenvalue weighted by Gasteiger charge is -2.18. The van der Waals surface area contributed by atoms with Gasteiger partial charge in [-0.05, 0) is 36.8 Å². The van der Waals surface area contributed by atoms with Gasteiger partial charge in [0, 0.05) is 11.6 Å². The number of rotatable bonds is 7. The minimum atomic E-state index is -0.457. The average Bonchev–Trinajstić information content (AvgIpc) is 3.23. The highest BCUT2D eigenvalue weighted by Gasteiger charge is 2.20. The molecule has 1 aromatic heterocycles. The van der Waals surface area contributed by atoms with Gasteiger partial charge >= 0.3 is 0 Å². The quantitative estimate of drug-likeness (QED) is 0.646. The molecule has 29 heavy (non-hydrogen) atoms. The molecule has 1 unspecified atom stereocenters. The standard InChI is InChI=1S/C21H21FN2O5/c1-12(14-9-17(26-2)20(28-4)18(10-14)27-3)23-21(25)19-11-16(24-29-19)13-6-5-7-15(22)8-13/h5-12H,1-4H3,(H,23,25). The van der Waals surface area contributed by atoms with E-state index in [0.29, 0.717) is 28.5 Å². The minimum Gasteiger partial charge on any atom is -0.493 e. The van der Waals surface area contributed by atoms with Crippen molar-refractivity contribution >= 4 is 5.91 Å². The Kier molecular flexibility index (Phi) is 6.01. The van der Waals surface area contributed by atoms with E-state index in [1.165, 1.54) is 39.5 Å². The van der Waals surface area contributed by atoms with Gasteiger partial charge in [0.25, 0.3) is 5.91 Å². The molecule has 2 aromatic carbocycles. The molecule has 0 bridgehead atoms. The first-order chi connectivity index (χ1) is 14.0. The number of ether oxygens (including phenoxy) is 3. The summed E-state index contributed by atoms with van der Waals surface area (Å²) in [4.78, 5) is 12.6. The van der Waals surface area contributed by atoms with Crippen molar-refractivity contribution in [3.63, 3.8) is 0 Å². The number of methoxy groups -OCH3 is 3.